The van der Waals surface area contributed by atoms with Crippen LogP contribution in [0.2, 0.25) is 13.1 Å². The average molecular weight is 534 g/mol. The number of allylic oxidation sites excluding steroid dienone is 8. The quantitative estimate of drug-likeness (QED) is 0.288. The fourth-order valence-corrected chi connectivity index (χ4v) is 2.77. The molecule has 1 radical (unpaired) electrons. The molecule has 0 saturated carbocycles. The van der Waals surface area contributed by atoms with Crippen molar-refractivity contribution in [1.82, 2.24) is 0 Å². The molecular formula is C26H31Cl2SiZr. The van der Waals surface area contributed by atoms with Crippen LogP contribution in [0, 0.1) is 12.2 Å². The largest absolute Gasteiger partial charge is 2.00 e. The van der Waals surface area contributed by atoms with E-state index in [0.29, 0.717) is 0 Å². The second kappa shape index (κ2) is 20.0. The normalized spacial score (nSPS) is 12.5. The van der Waals surface area contributed by atoms with Gasteiger partial charge >= 0.3 is 26.2 Å². The summed E-state index contributed by atoms with van der Waals surface area (Å²) in [7, 11) is 0.750. The van der Waals surface area contributed by atoms with Gasteiger partial charge in [-0.3, -0.25) is 12.2 Å². The van der Waals surface area contributed by atoms with Crippen molar-refractivity contribution in [3.63, 3.8) is 0 Å². The third-order valence-electron chi connectivity index (χ3n) is 4.01. The minimum Gasteiger partial charge on any atom is -0.269 e. The van der Waals surface area contributed by atoms with E-state index < -0.39 is 0 Å². The second-order valence-electron chi connectivity index (χ2n) is 6.52. The van der Waals surface area contributed by atoms with Crippen molar-refractivity contribution in [2.75, 3.05) is 0 Å². The van der Waals surface area contributed by atoms with E-state index in [2.05, 4.69) is 98.1 Å². The zero-order chi connectivity index (χ0) is 19.2. The van der Waals surface area contributed by atoms with Crippen molar-refractivity contribution in [3.05, 3.63) is 119 Å². The topological polar surface area (TPSA) is 0 Å². The minimum atomic E-state index is 0. The van der Waals surface area contributed by atoms with Gasteiger partial charge in [0.1, 0.15) is 0 Å². The Bertz CT molecular complexity index is 714. The minimum absolute atomic E-state index is 0. The van der Waals surface area contributed by atoms with Crippen LogP contribution in [-0.2, 0) is 39.0 Å². The first kappa shape index (κ1) is 31.3. The number of hydrogen-bond acceptors (Lipinski definition) is 0. The average Bonchev–Trinajstić information content (AvgIpc) is 3.39. The van der Waals surface area contributed by atoms with Crippen LogP contribution in [0.4, 0.5) is 0 Å². The molecule has 0 saturated heterocycles. The van der Waals surface area contributed by atoms with Crippen molar-refractivity contribution in [3.8, 4) is 0 Å². The first-order chi connectivity index (χ1) is 13.3. The Kier molecular flexibility index (Phi) is 20.9. The van der Waals surface area contributed by atoms with E-state index in [1.807, 2.05) is 12.1 Å². The molecule has 30 heavy (non-hydrogen) atoms. The molecular weight excluding hydrogens is 503 g/mol. The van der Waals surface area contributed by atoms with Crippen molar-refractivity contribution < 1.29 is 26.2 Å². The summed E-state index contributed by atoms with van der Waals surface area (Å²) in [5.41, 5.74) is 5.38. The molecule has 0 nitrogen and oxygen atoms in total. The van der Waals surface area contributed by atoms with Gasteiger partial charge in [-0.1, -0.05) is 73.8 Å². The van der Waals surface area contributed by atoms with E-state index in [-0.39, 0.29) is 51.0 Å². The fourth-order valence-electron chi connectivity index (χ4n) is 2.77. The number of rotatable bonds is 4. The van der Waals surface area contributed by atoms with Crippen LogP contribution in [-0.4, -0.2) is 9.52 Å². The summed E-state index contributed by atoms with van der Waals surface area (Å²) in [5.74, 6) is 0. The zero-order valence-corrected chi connectivity index (χ0v) is 23.1. The van der Waals surface area contributed by atoms with E-state index in [4.69, 9.17) is 0 Å². The van der Waals surface area contributed by atoms with Gasteiger partial charge in [0.25, 0.3) is 0 Å². The summed E-state index contributed by atoms with van der Waals surface area (Å²) in [4.78, 5) is 0. The number of benzene rings is 2. The molecule has 0 atom stereocenters. The molecule has 2 aromatic rings. The standard InChI is InChI=1S/2C12H11.C2H7Si.2ClH.Zr/c2*1-2-6-11(7-3-1)10-12-8-4-5-9-12;1-3-2;;;/h2*1-4,6-8H,5,10H2;3H,1-2H3;2*1H;/q2*-1;;;;+2. The maximum absolute atomic E-state index is 3.31. The Morgan fingerprint density at radius 2 is 1.00 bits per heavy atom. The molecule has 0 heterocycles. The van der Waals surface area contributed by atoms with E-state index in [9.17, 15) is 0 Å². The van der Waals surface area contributed by atoms with Gasteiger partial charge in [0.2, 0.25) is 0 Å². The van der Waals surface area contributed by atoms with Gasteiger partial charge < -0.3 is 0 Å². The Hall–Kier alpha value is -0.920. The van der Waals surface area contributed by atoms with Crippen molar-refractivity contribution in [2.24, 2.45) is 0 Å². The second-order valence-corrected chi connectivity index (χ2v) is 7.67. The summed E-state index contributed by atoms with van der Waals surface area (Å²) < 4.78 is 0. The monoisotopic (exact) mass is 531 g/mol. The van der Waals surface area contributed by atoms with Crippen molar-refractivity contribution >= 4 is 34.3 Å². The maximum atomic E-state index is 3.31. The summed E-state index contributed by atoms with van der Waals surface area (Å²) >= 11 is 0. The maximum Gasteiger partial charge on any atom is 2.00 e. The SMILES string of the molecule is C[SiH]C.Cl.Cl.[C-]1=C(Cc2ccccc2)C=CC1.[C-]1=C(Cc2ccccc2)C=CC1.[Zr+2]. The molecule has 4 heteroatoms. The molecule has 0 bridgehead atoms. The van der Waals surface area contributed by atoms with Gasteiger partial charge in [-0.25, -0.2) is 23.3 Å². The van der Waals surface area contributed by atoms with Crippen LogP contribution in [0.15, 0.2) is 96.1 Å². The zero-order valence-electron chi connectivity index (χ0n) is 17.8. The fraction of sp³-hybridized carbons (Fsp3) is 0.231. The van der Waals surface area contributed by atoms with Crippen molar-refractivity contribution in [2.45, 2.75) is 38.8 Å². The van der Waals surface area contributed by atoms with Gasteiger partial charge in [-0.2, -0.15) is 12.2 Å². The third kappa shape index (κ3) is 13.4. The summed E-state index contributed by atoms with van der Waals surface area (Å²) in [6.45, 7) is 4.42. The van der Waals surface area contributed by atoms with Crippen LogP contribution in [0.1, 0.15) is 24.0 Å². The van der Waals surface area contributed by atoms with E-state index in [1.165, 1.54) is 22.3 Å². The molecule has 2 aromatic carbocycles. The van der Waals surface area contributed by atoms with Crippen LogP contribution < -0.4 is 0 Å². The van der Waals surface area contributed by atoms with E-state index in [0.717, 1.165) is 35.2 Å². The van der Waals surface area contributed by atoms with Gasteiger partial charge in [0.05, 0.1) is 0 Å². The van der Waals surface area contributed by atoms with Crippen LogP contribution in [0.25, 0.3) is 0 Å². The molecule has 4 rings (SSSR count). The van der Waals surface area contributed by atoms with Crippen LogP contribution in [0.3, 0.4) is 0 Å². The Morgan fingerprint density at radius 3 is 1.27 bits per heavy atom. The number of halogens is 2. The molecule has 0 fully saturated rings. The van der Waals surface area contributed by atoms with E-state index >= 15 is 0 Å². The molecule has 0 amide bonds. The predicted octanol–water partition coefficient (Wildman–Crippen LogP) is 7.20. The molecule has 2 aliphatic carbocycles. The first-order valence-electron chi connectivity index (χ1n) is 9.66. The molecule has 157 valence electrons. The van der Waals surface area contributed by atoms with Gasteiger partial charge in [0, 0.05) is 9.52 Å². The molecule has 0 aromatic heterocycles. The molecule has 0 N–H and O–H groups in total. The van der Waals surface area contributed by atoms with E-state index in [1.54, 1.807) is 0 Å². The predicted molar refractivity (Wildman–Crippen MR) is 135 cm³/mol. The summed E-state index contributed by atoms with van der Waals surface area (Å²) in [5, 5.41) is 0. The summed E-state index contributed by atoms with van der Waals surface area (Å²) in [6, 6.07) is 21.0. The van der Waals surface area contributed by atoms with Gasteiger partial charge in [0.15, 0.2) is 0 Å². The molecule has 0 aliphatic heterocycles. The Balaban J connectivity index is 0. The Morgan fingerprint density at radius 1 is 0.667 bits per heavy atom. The molecule has 0 unspecified atom stereocenters. The van der Waals surface area contributed by atoms with Crippen LogP contribution in [0.5, 0.6) is 0 Å². The molecule has 2 aliphatic rings. The summed E-state index contributed by atoms with van der Waals surface area (Å²) in [6.07, 6.45) is 19.3. The van der Waals surface area contributed by atoms with Gasteiger partial charge in [-0.05, 0) is 24.0 Å². The number of hydrogen-bond donors (Lipinski definition) is 0. The Labute approximate surface area is 217 Å². The first-order valence-corrected chi connectivity index (χ1v) is 12.0. The van der Waals surface area contributed by atoms with Crippen LogP contribution >= 0.6 is 24.8 Å². The van der Waals surface area contributed by atoms with Crippen molar-refractivity contribution in [1.29, 1.82) is 0 Å². The smallest absolute Gasteiger partial charge is 0.269 e. The van der Waals surface area contributed by atoms with Gasteiger partial charge in [-0.15, -0.1) is 37.7 Å². The molecule has 0 spiro atoms. The third-order valence-corrected chi connectivity index (χ3v) is 4.01.